The van der Waals surface area contributed by atoms with E-state index < -0.39 is 23.9 Å². The van der Waals surface area contributed by atoms with Crippen molar-refractivity contribution in [1.82, 2.24) is 9.97 Å². The Balaban J connectivity index is 0.000000205. The van der Waals surface area contributed by atoms with Crippen LogP contribution >= 0.6 is 46.4 Å². The Morgan fingerprint density at radius 1 is 0.464 bits per heavy atom. The van der Waals surface area contributed by atoms with E-state index in [1.165, 1.54) is 24.3 Å². The minimum atomic E-state index is -0.753. The number of aliphatic hydroxyl groups is 4. The van der Waals surface area contributed by atoms with E-state index >= 15 is 0 Å². The molecule has 84 heavy (non-hydrogen) atoms. The summed E-state index contributed by atoms with van der Waals surface area (Å²) in [6.45, 7) is 10.4. The van der Waals surface area contributed by atoms with E-state index in [0.717, 1.165) is 41.7 Å². The predicted molar refractivity (Wildman–Crippen MR) is 307 cm³/mol. The molecule has 0 amide bonds. The Morgan fingerprint density at radius 3 is 1.20 bits per heavy atom. The summed E-state index contributed by atoms with van der Waals surface area (Å²) in [6.07, 6.45) is 11.6. The zero-order chi connectivity index (χ0) is 61.0. The Labute approximate surface area is 504 Å². The molecular weight excluding hydrogens is 1180 g/mol. The number of ether oxygens (including phenoxy) is 11. The molecule has 25 heteroatoms. The zero-order valence-electron chi connectivity index (χ0n) is 46.1. The first-order valence-electron chi connectivity index (χ1n) is 25.9. The number of pyridine rings is 1. The summed E-state index contributed by atoms with van der Waals surface area (Å²) in [7, 11) is 0. The molecule has 0 saturated carbocycles. The lowest BCUT2D eigenvalue weighted by Gasteiger charge is -2.07. The fourth-order valence-corrected chi connectivity index (χ4v) is 7.32. The van der Waals surface area contributed by atoms with Crippen LogP contribution in [0, 0.1) is 6.92 Å². The number of aromatic nitrogens is 2. The fraction of sp³-hybridized carbons (Fsp3) is 0.305. The highest BCUT2D eigenvalue weighted by Gasteiger charge is 2.35. The Hall–Kier alpha value is -8.37. The quantitative estimate of drug-likeness (QED) is 0.0234. The molecule has 2 aromatic heterocycles. The Morgan fingerprint density at radius 2 is 0.821 bits per heavy atom. The molecule has 0 saturated heterocycles. The van der Waals surface area contributed by atoms with Gasteiger partial charge < -0.3 is 77.5 Å². The molecule has 0 aliphatic carbocycles. The van der Waals surface area contributed by atoms with Gasteiger partial charge in [-0.25, -0.2) is 19.2 Å². The summed E-state index contributed by atoms with van der Waals surface area (Å²) in [4.78, 5) is 53.3. The number of carbonyl (C=O) groups is 4. The first kappa shape index (κ1) is 66.4. The highest BCUT2D eigenvalue weighted by Crippen LogP contribution is 2.30. The number of rotatable bonds is 25. The molecule has 0 atom stereocenters. The van der Waals surface area contributed by atoms with E-state index in [1.54, 1.807) is 30.6 Å². The third kappa shape index (κ3) is 20.2. The van der Waals surface area contributed by atoms with Crippen LogP contribution in [0.5, 0.6) is 17.2 Å². The lowest BCUT2D eigenvalue weighted by Crippen LogP contribution is -2.05. The van der Waals surface area contributed by atoms with Crippen LogP contribution in [0.3, 0.4) is 0 Å². The summed E-state index contributed by atoms with van der Waals surface area (Å²) in [5, 5.41) is 39.2. The number of aliphatic hydroxyl groups excluding tert-OH is 4. The standard InChI is InChI=1S/C16H17ClO5.C15H16ClNO5.C14H16ClNO5.C14H13ClO4/c1-2-9-20-12-5-3-11(4-6-12)10-21-15-14(18)13(7-8-17)22-16(15)19;1-2-7-20-11-4-3-10(17-8-11)9-21-14-13(18)12(5-6-16)22-15(14)19;1-2-5-19-10-6-9(16-7-10)8-20-13-12(17)11(3-4-15)21-14(13)18;1-9-2-4-10(5-3-9)8-18-13-12(16)11(6-7-15)19-14(13)17/h3-7,18H,2,8-10H2,1H3;3-5,8,18H,2,6-7,9H2,1H3;3,6-7,16-17H,2,4-5,8H2,1H3;2-6,16H,7-8H2,1H3/b13-7+;12-5+;11-3+;11-6+. The maximum Gasteiger partial charge on any atom is 0.383 e. The van der Waals surface area contributed by atoms with E-state index in [0.29, 0.717) is 42.7 Å². The number of alkyl halides is 4. The van der Waals surface area contributed by atoms with Gasteiger partial charge in [0.15, 0.2) is 23.0 Å². The van der Waals surface area contributed by atoms with Crippen LogP contribution in [0.4, 0.5) is 0 Å². The molecule has 0 spiro atoms. The van der Waals surface area contributed by atoms with Crippen molar-refractivity contribution >= 4 is 70.3 Å². The van der Waals surface area contributed by atoms with Crippen LogP contribution in [0.2, 0.25) is 0 Å². The number of benzene rings is 2. The second-order valence-corrected chi connectivity index (χ2v) is 18.6. The monoisotopic (exact) mass is 1240 g/mol. The van der Waals surface area contributed by atoms with Gasteiger partial charge in [-0.1, -0.05) is 62.7 Å². The van der Waals surface area contributed by atoms with Gasteiger partial charge in [-0.15, -0.1) is 46.4 Å². The van der Waals surface area contributed by atoms with Gasteiger partial charge >= 0.3 is 23.9 Å². The van der Waals surface area contributed by atoms with Gasteiger partial charge in [0.25, 0.3) is 23.0 Å². The molecule has 21 nitrogen and oxygen atoms in total. The molecule has 0 bridgehead atoms. The summed E-state index contributed by atoms with van der Waals surface area (Å²) in [5.41, 5.74) is 4.18. The van der Waals surface area contributed by atoms with Crippen molar-refractivity contribution < 1.29 is 91.7 Å². The lowest BCUT2D eigenvalue weighted by molar-refractivity contribution is -0.137. The average molecular weight is 1240 g/mol. The third-order valence-corrected chi connectivity index (χ3v) is 11.5. The van der Waals surface area contributed by atoms with Crippen molar-refractivity contribution in [2.24, 2.45) is 0 Å². The van der Waals surface area contributed by atoms with E-state index in [2.05, 4.69) is 9.97 Å². The average Bonchev–Trinajstić information content (AvgIpc) is 4.30. The van der Waals surface area contributed by atoms with Crippen molar-refractivity contribution in [2.45, 2.75) is 73.4 Å². The minimum Gasteiger partial charge on any atom is -0.501 e. The molecular formula is C59H62Cl4N2O19. The lowest BCUT2D eigenvalue weighted by atomic mass is 10.2. The van der Waals surface area contributed by atoms with Crippen molar-refractivity contribution in [2.75, 3.05) is 43.3 Å². The normalized spacial score (nSPS) is 16.4. The number of hydrogen-bond acceptors (Lipinski definition) is 20. The van der Waals surface area contributed by atoms with Gasteiger partial charge in [0.05, 0.1) is 37.4 Å². The number of nitrogens with one attached hydrogen (secondary N) is 1. The molecule has 0 unspecified atom stereocenters. The van der Waals surface area contributed by atoms with Crippen molar-refractivity contribution in [3.8, 4) is 17.2 Å². The van der Waals surface area contributed by atoms with Gasteiger partial charge in [0.2, 0.25) is 23.0 Å². The number of H-pyrrole nitrogens is 1. The van der Waals surface area contributed by atoms with Gasteiger partial charge in [0, 0.05) is 35.8 Å². The number of halogens is 4. The Kier molecular flexibility index (Phi) is 27.6. The summed E-state index contributed by atoms with van der Waals surface area (Å²) < 4.78 is 56.9. The van der Waals surface area contributed by atoms with Crippen molar-refractivity contribution in [1.29, 1.82) is 0 Å². The number of cyclic esters (lactones) is 4. The largest absolute Gasteiger partial charge is 0.501 e. The molecule has 2 aromatic carbocycles. The second kappa shape index (κ2) is 34.9. The molecule has 4 aliphatic heterocycles. The number of carbonyl (C=O) groups excluding carboxylic acids is 4. The summed E-state index contributed by atoms with van der Waals surface area (Å²) in [5.74, 6) is -2.38. The molecule has 4 aromatic rings. The van der Waals surface area contributed by atoms with E-state index in [1.807, 2.05) is 76.2 Å². The van der Waals surface area contributed by atoms with Gasteiger partial charge in [-0.05, 0) is 85.9 Å². The number of nitrogens with zero attached hydrogens (tertiary/aromatic N) is 1. The molecule has 450 valence electrons. The van der Waals surface area contributed by atoms with Gasteiger partial charge in [-0.3, -0.25) is 4.98 Å². The molecule has 5 N–H and O–H groups in total. The maximum atomic E-state index is 11.6. The second-order valence-electron chi connectivity index (χ2n) is 17.3. The number of aromatic amines is 1. The van der Waals surface area contributed by atoms with Crippen LogP contribution in [0.15, 0.2) is 173 Å². The first-order chi connectivity index (χ1) is 40.6. The topological polar surface area (TPSA) is 279 Å². The number of hydrogen-bond donors (Lipinski definition) is 5. The first-order valence-corrected chi connectivity index (χ1v) is 28.1. The highest BCUT2D eigenvalue weighted by atomic mass is 35.5. The van der Waals surface area contributed by atoms with E-state index in [9.17, 15) is 39.6 Å². The smallest absolute Gasteiger partial charge is 0.383 e. The van der Waals surface area contributed by atoms with Gasteiger partial charge in [0.1, 0.15) is 43.7 Å². The fourth-order valence-electron chi connectivity index (χ4n) is 6.76. The summed E-state index contributed by atoms with van der Waals surface area (Å²) >= 11 is 22.0. The highest BCUT2D eigenvalue weighted by molar-refractivity contribution is 6.19. The van der Waals surface area contributed by atoms with E-state index in [4.69, 9.17) is 98.5 Å². The minimum absolute atomic E-state index is 0.00581. The van der Waals surface area contributed by atoms with Crippen LogP contribution in [-0.2, 0) is 83.5 Å². The Bertz CT molecular complexity index is 3030. The molecule has 0 fully saturated rings. The van der Waals surface area contributed by atoms with Gasteiger partial charge in [-0.2, -0.15) is 0 Å². The third-order valence-electron chi connectivity index (χ3n) is 10.9. The number of esters is 4. The zero-order valence-corrected chi connectivity index (χ0v) is 49.1. The number of aryl methyl sites for hydroxylation is 1. The van der Waals surface area contributed by atoms with Crippen LogP contribution in [0.1, 0.15) is 68.1 Å². The molecule has 0 radical (unpaired) electrons. The van der Waals surface area contributed by atoms with Crippen LogP contribution < -0.4 is 14.2 Å². The molecule has 4 aliphatic rings. The SMILES string of the molecule is CCCOc1c[nH]c(COC2=C(O)/C(=C\CCl)OC2=O)c1.CCCOc1ccc(COC2=C(O)/C(=C\CCl)OC2=O)cc1.CCCOc1ccc(COC2=C(O)/C(=C\CCl)OC2=O)nc1.Cc1ccc(COC2=C(O)/C(=C\CCl)OC2=O)cc1. The van der Waals surface area contributed by atoms with Crippen molar-refractivity contribution in [3.63, 3.8) is 0 Å². The van der Waals surface area contributed by atoms with Crippen LogP contribution in [-0.4, -0.2) is 97.6 Å². The van der Waals surface area contributed by atoms with Crippen molar-refractivity contribution in [3.05, 3.63) is 201 Å². The maximum absolute atomic E-state index is 11.6. The van der Waals surface area contributed by atoms with E-state index in [-0.39, 0.29) is 119 Å². The summed E-state index contributed by atoms with van der Waals surface area (Å²) in [6, 6.07) is 20.2. The predicted octanol–water partition coefficient (Wildman–Crippen LogP) is 12.0. The number of allylic oxidation sites excluding steroid dienone is 4. The molecule has 6 heterocycles. The molecule has 8 rings (SSSR count). The van der Waals surface area contributed by atoms with Crippen LogP contribution in [0.25, 0.3) is 0 Å².